The first-order chi connectivity index (χ1) is 10.1. The molecule has 5 heteroatoms. The summed E-state index contributed by atoms with van der Waals surface area (Å²) in [5.41, 5.74) is 3.20. The Hall–Kier alpha value is -1.88. The molecule has 21 heavy (non-hydrogen) atoms. The standard InChI is InChI=1S/C16H19NO4/c1-17(14-9-21-8-13(14)16(19)20)15(18)12-6-5-10-3-2-4-11(10)7-12/h5-7,13-14H,2-4,8-9H2,1H3,(H,19,20). The molecule has 1 heterocycles. The minimum absolute atomic E-state index is 0.133. The largest absolute Gasteiger partial charge is 0.481 e. The number of carbonyl (C=O) groups excluding carboxylic acids is 1. The summed E-state index contributed by atoms with van der Waals surface area (Å²) in [5.74, 6) is -1.69. The number of carbonyl (C=O) groups is 2. The number of aliphatic carboxylic acids is 1. The molecule has 1 aliphatic heterocycles. The van der Waals surface area contributed by atoms with Gasteiger partial charge in [-0.05, 0) is 42.5 Å². The number of hydrogen-bond donors (Lipinski definition) is 1. The van der Waals surface area contributed by atoms with E-state index in [2.05, 4.69) is 0 Å². The van der Waals surface area contributed by atoms with Crippen LogP contribution in [-0.2, 0) is 22.4 Å². The van der Waals surface area contributed by atoms with Crippen LogP contribution in [0.25, 0.3) is 0 Å². The van der Waals surface area contributed by atoms with E-state index in [1.165, 1.54) is 16.0 Å². The Bertz CT molecular complexity index is 584. The van der Waals surface area contributed by atoms with Gasteiger partial charge in [-0.25, -0.2) is 0 Å². The van der Waals surface area contributed by atoms with E-state index < -0.39 is 17.9 Å². The maximum absolute atomic E-state index is 12.6. The lowest BCUT2D eigenvalue weighted by molar-refractivity contribution is -0.142. The number of likely N-dealkylation sites (N-methyl/N-ethyl adjacent to an activating group) is 1. The van der Waals surface area contributed by atoms with E-state index in [9.17, 15) is 14.7 Å². The topological polar surface area (TPSA) is 66.8 Å². The smallest absolute Gasteiger partial charge is 0.311 e. The Kier molecular flexibility index (Phi) is 3.68. The van der Waals surface area contributed by atoms with Gasteiger partial charge in [0.15, 0.2) is 0 Å². The lowest BCUT2D eigenvalue weighted by atomic mass is 10.0. The number of benzene rings is 1. The van der Waals surface area contributed by atoms with Crippen LogP contribution in [0.2, 0.25) is 0 Å². The highest BCUT2D eigenvalue weighted by molar-refractivity contribution is 5.95. The summed E-state index contributed by atoms with van der Waals surface area (Å²) in [7, 11) is 1.66. The summed E-state index contributed by atoms with van der Waals surface area (Å²) in [4.78, 5) is 25.3. The average Bonchev–Trinajstić information content (AvgIpc) is 3.13. The third-order valence-electron chi connectivity index (χ3n) is 4.53. The van der Waals surface area contributed by atoms with Gasteiger partial charge >= 0.3 is 5.97 Å². The highest BCUT2D eigenvalue weighted by Gasteiger charge is 2.38. The number of fused-ring (bicyclic) bond motifs is 1. The van der Waals surface area contributed by atoms with Gasteiger partial charge in [-0.3, -0.25) is 9.59 Å². The predicted molar refractivity (Wildman–Crippen MR) is 76.3 cm³/mol. The second kappa shape index (κ2) is 5.48. The molecule has 2 aliphatic rings. The Morgan fingerprint density at radius 3 is 2.76 bits per heavy atom. The molecule has 2 atom stereocenters. The van der Waals surface area contributed by atoms with E-state index >= 15 is 0 Å². The lowest BCUT2D eigenvalue weighted by Gasteiger charge is -2.26. The molecule has 0 radical (unpaired) electrons. The third-order valence-corrected chi connectivity index (χ3v) is 4.53. The van der Waals surface area contributed by atoms with Crippen LogP contribution in [0.15, 0.2) is 18.2 Å². The predicted octanol–water partition coefficient (Wildman–Crippen LogP) is 1.35. The van der Waals surface area contributed by atoms with Crippen LogP contribution in [0.5, 0.6) is 0 Å². The first-order valence-electron chi connectivity index (χ1n) is 7.27. The molecule has 0 bridgehead atoms. The van der Waals surface area contributed by atoms with Crippen LogP contribution in [-0.4, -0.2) is 48.2 Å². The minimum atomic E-state index is -0.911. The molecule has 1 aliphatic carbocycles. The molecular formula is C16H19NO4. The van der Waals surface area contributed by atoms with Gasteiger partial charge in [0.25, 0.3) is 5.91 Å². The van der Waals surface area contributed by atoms with Gasteiger partial charge in [-0.15, -0.1) is 0 Å². The number of nitrogens with zero attached hydrogens (tertiary/aromatic N) is 1. The fourth-order valence-corrected chi connectivity index (χ4v) is 3.22. The van der Waals surface area contributed by atoms with Gasteiger partial charge in [-0.2, -0.15) is 0 Å². The molecule has 5 nitrogen and oxygen atoms in total. The number of rotatable bonds is 3. The highest BCUT2D eigenvalue weighted by Crippen LogP contribution is 2.25. The zero-order chi connectivity index (χ0) is 15.0. The van der Waals surface area contributed by atoms with Crippen molar-refractivity contribution in [2.45, 2.75) is 25.3 Å². The number of aryl methyl sites for hydroxylation is 2. The fraction of sp³-hybridized carbons (Fsp3) is 0.500. The van der Waals surface area contributed by atoms with Crippen LogP contribution in [0.4, 0.5) is 0 Å². The summed E-state index contributed by atoms with van der Waals surface area (Å²) < 4.78 is 5.24. The molecule has 1 aromatic carbocycles. The molecular weight excluding hydrogens is 270 g/mol. The Balaban J connectivity index is 1.79. The number of ether oxygens (including phenoxy) is 1. The fourth-order valence-electron chi connectivity index (χ4n) is 3.22. The number of carboxylic acid groups (broad SMARTS) is 1. The number of carboxylic acids is 1. The maximum Gasteiger partial charge on any atom is 0.311 e. The molecule has 112 valence electrons. The average molecular weight is 289 g/mol. The zero-order valence-corrected chi connectivity index (χ0v) is 12.0. The third kappa shape index (κ3) is 2.53. The van der Waals surface area contributed by atoms with E-state index in [-0.39, 0.29) is 19.1 Å². The van der Waals surface area contributed by atoms with Crippen molar-refractivity contribution in [1.82, 2.24) is 4.90 Å². The molecule has 0 spiro atoms. The molecule has 1 saturated heterocycles. The molecule has 2 unspecified atom stereocenters. The molecule has 1 aromatic rings. The number of amides is 1. The molecule has 0 saturated carbocycles. The Morgan fingerprint density at radius 2 is 2.00 bits per heavy atom. The van der Waals surface area contributed by atoms with Crippen molar-refractivity contribution in [2.24, 2.45) is 5.92 Å². The van der Waals surface area contributed by atoms with Crippen molar-refractivity contribution in [2.75, 3.05) is 20.3 Å². The SMILES string of the molecule is CN(C(=O)c1ccc2c(c1)CCC2)C1COCC1C(=O)O. The summed E-state index contributed by atoms with van der Waals surface area (Å²) >= 11 is 0. The van der Waals surface area contributed by atoms with Crippen molar-refractivity contribution < 1.29 is 19.4 Å². The van der Waals surface area contributed by atoms with Crippen LogP contribution >= 0.6 is 0 Å². The van der Waals surface area contributed by atoms with Crippen molar-refractivity contribution >= 4 is 11.9 Å². The quantitative estimate of drug-likeness (QED) is 0.912. The van der Waals surface area contributed by atoms with Gasteiger partial charge in [0, 0.05) is 12.6 Å². The molecule has 1 amide bonds. The van der Waals surface area contributed by atoms with Crippen LogP contribution in [0.3, 0.4) is 0 Å². The summed E-state index contributed by atoms with van der Waals surface area (Å²) in [6.07, 6.45) is 3.24. The molecule has 1 fully saturated rings. The van der Waals surface area contributed by atoms with Gasteiger partial charge in [0.05, 0.1) is 19.3 Å². The minimum Gasteiger partial charge on any atom is -0.481 e. The summed E-state index contributed by atoms with van der Waals surface area (Å²) in [5, 5.41) is 9.19. The van der Waals surface area contributed by atoms with Gasteiger partial charge < -0.3 is 14.7 Å². The normalized spacial score (nSPS) is 23.9. The molecule has 3 rings (SSSR count). The second-order valence-corrected chi connectivity index (χ2v) is 5.80. The van der Waals surface area contributed by atoms with Crippen molar-refractivity contribution in [3.63, 3.8) is 0 Å². The zero-order valence-electron chi connectivity index (χ0n) is 12.0. The highest BCUT2D eigenvalue weighted by atomic mass is 16.5. The van der Waals surface area contributed by atoms with E-state index in [0.29, 0.717) is 5.56 Å². The first kappa shape index (κ1) is 14.1. The van der Waals surface area contributed by atoms with Crippen LogP contribution in [0.1, 0.15) is 27.9 Å². The van der Waals surface area contributed by atoms with E-state index in [1.54, 1.807) is 7.05 Å². The van der Waals surface area contributed by atoms with E-state index in [0.717, 1.165) is 19.3 Å². The van der Waals surface area contributed by atoms with E-state index in [1.807, 2.05) is 18.2 Å². The monoisotopic (exact) mass is 289 g/mol. The summed E-state index contributed by atoms with van der Waals surface area (Å²) in [6.45, 7) is 0.450. The number of hydrogen-bond acceptors (Lipinski definition) is 3. The van der Waals surface area contributed by atoms with Crippen LogP contribution < -0.4 is 0 Å². The van der Waals surface area contributed by atoms with Crippen molar-refractivity contribution in [3.8, 4) is 0 Å². The van der Waals surface area contributed by atoms with Gasteiger partial charge in [0.2, 0.25) is 0 Å². The Morgan fingerprint density at radius 1 is 1.24 bits per heavy atom. The van der Waals surface area contributed by atoms with E-state index in [4.69, 9.17) is 4.74 Å². The van der Waals surface area contributed by atoms with Crippen molar-refractivity contribution in [1.29, 1.82) is 0 Å². The van der Waals surface area contributed by atoms with Gasteiger partial charge in [-0.1, -0.05) is 6.07 Å². The molecule has 0 aromatic heterocycles. The Labute approximate surface area is 123 Å². The van der Waals surface area contributed by atoms with Crippen molar-refractivity contribution in [3.05, 3.63) is 34.9 Å². The second-order valence-electron chi connectivity index (χ2n) is 5.80. The first-order valence-corrected chi connectivity index (χ1v) is 7.27. The maximum atomic E-state index is 12.6. The van der Waals surface area contributed by atoms with Crippen LogP contribution in [0, 0.1) is 5.92 Å². The summed E-state index contributed by atoms with van der Waals surface area (Å²) in [6, 6.07) is 5.41. The van der Waals surface area contributed by atoms with Gasteiger partial charge in [0.1, 0.15) is 5.92 Å². The lowest BCUT2D eigenvalue weighted by Crippen LogP contribution is -2.44. The molecule has 1 N–H and O–H groups in total.